The first-order chi connectivity index (χ1) is 9.10. The Labute approximate surface area is 119 Å². The molecule has 1 rings (SSSR count). The van der Waals surface area contributed by atoms with Gasteiger partial charge < -0.3 is 15.0 Å². The fourth-order valence-corrected chi connectivity index (χ4v) is 1.80. The molecule has 1 unspecified atom stereocenters. The van der Waals surface area contributed by atoms with Gasteiger partial charge in [0.2, 0.25) is 17.2 Å². The predicted molar refractivity (Wildman–Crippen MR) is 78.0 cm³/mol. The van der Waals surface area contributed by atoms with Crippen molar-refractivity contribution in [2.24, 2.45) is 0 Å². The molecule has 0 saturated heterocycles. The van der Waals surface area contributed by atoms with Crippen molar-refractivity contribution in [1.82, 2.24) is 15.0 Å². The Balaban J connectivity index is 2.73. The highest BCUT2D eigenvalue weighted by Gasteiger charge is 2.10. The van der Waals surface area contributed by atoms with E-state index in [0.29, 0.717) is 25.0 Å². The predicted octanol–water partition coefficient (Wildman–Crippen LogP) is 2.21. The average molecular weight is 288 g/mol. The van der Waals surface area contributed by atoms with E-state index < -0.39 is 0 Å². The fraction of sp³-hybridized carbons (Fsp3) is 0.750. The fourth-order valence-electron chi connectivity index (χ4n) is 1.65. The quantitative estimate of drug-likeness (QED) is 0.791. The molecule has 19 heavy (non-hydrogen) atoms. The van der Waals surface area contributed by atoms with Crippen LogP contribution >= 0.6 is 11.6 Å². The third-order valence-corrected chi connectivity index (χ3v) is 2.81. The summed E-state index contributed by atoms with van der Waals surface area (Å²) < 4.78 is 5.44. The molecule has 7 heteroatoms. The number of nitrogens with zero attached hydrogens (tertiary/aromatic N) is 4. The minimum absolute atomic E-state index is 0.0949. The molecule has 0 bridgehead atoms. The highest BCUT2D eigenvalue weighted by Crippen LogP contribution is 2.13. The van der Waals surface area contributed by atoms with E-state index in [9.17, 15) is 0 Å². The van der Waals surface area contributed by atoms with Gasteiger partial charge in [0.25, 0.3) is 0 Å². The summed E-state index contributed by atoms with van der Waals surface area (Å²) in [4.78, 5) is 14.6. The third-order valence-electron chi connectivity index (χ3n) is 2.64. The van der Waals surface area contributed by atoms with E-state index in [1.807, 2.05) is 32.6 Å². The minimum atomic E-state index is 0.0949. The van der Waals surface area contributed by atoms with Crippen LogP contribution in [0.3, 0.4) is 0 Å². The maximum atomic E-state index is 5.92. The molecule has 1 heterocycles. The van der Waals surface area contributed by atoms with E-state index in [0.717, 1.165) is 13.1 Å². The summed E-state index contributed by atoms with van der Waals surface area (Å²) in [6, 6.07) is 0. The number of hydrogen-bond acceptors (Lipinski definition) is 6. The maximum Gasteiger partial charge on any atom is 0.231 e. The molecule has 1 aromatic heterocycles. The number of ether oxygens (including phenoxy) is 1. The van der Waals surface area contributed by atoms with Crippen LogP contribution in [0.2, 0.25) is 5.28 Å². The summed E-state index contributed by atoms with van der Waals surface area (Å²) in [5.41, 5.74) is 0. The van der Waals surface area contributed by atoms with Gasteiger partial charge in [-0.25, -0.2) is 0 Å². The van der Waals surface area contributed by atoms with Crippen LogP contribution in [-0.2, 0) is 4.74 Å². The van der Waals surface area contributed by atoms with Crippen LogP contribution in [0.25, 0.3) is 0 Å². The van der Waals surface area contributed by atoms with E-state index in [-0.39, 0.29) is 11.4 Å². The van der Waals surface area contributed by atoms with Gasteiger partial charge in [0.05, 0.1) is 6.10 Å². The summed E-state index contributed by atoms with van der Waals surface area (Å²) in [6.45, 7) is 11.0. The maximum absolute atomic E-state index is 5.92. The molecule has 0 aliphatic rings. The van der Waals surface area contributed by atoms with Crippen molar-refractivity contribution in [2.45, 2.75) is 33.8 Å². The normalized spacial score (nSPS) is 12.3. The lowest BCUT2D eigenvalue weighted by Crippen LogP contribution is -2.26. The Morgan fingerprint density at radius 1 is 1.21 bits per heavy atom. The molecule has 0 fully saturated rings. The van der Waals surface area contributed by atoms with Crippen LogP contribution in [0.4, 0.5) is 11.9 Å². The summed E-state index contributed by atoms with van der Waals surface area (Å²) in [7, 11) is 0. The van der Waals surface area contributed by atoms with Crippen molar-refractivity contribution in [3.05, 3.63) is 5.28 Å². The molecule has 1 aromatic rings. The minimum Gasteiger partial charge on any atom is -0.377 e. The largest absolute Gasteiger partial charge is 0.377 e. The van der Waals surface area contributed by atoms with Gasteiger partial charge in [-0.3, -0.25) is 0 Å². The molecule has 0 aliphatic carbocycles. The van der Waals surface area contributed by atoms with E-state index in [1.54, 1.807) is 0 Å². The molecular weight excluding hydrogens is 266 g/mol. The lowest BCUT2D eigenvalue weighted by atomic mass is 10.4. The molecule has 0 radical (unpaired) electrons. The molecule has 6 nitrogen and oxygen atoms in total. The van der Waals surface area contributed by atoms with Gasteiger partial charge in [0.15, 0.2) is 0 Å². The van der Waals surface area contributed by atoms with Crippen LogP contribution in [0.5, 0.6) is 0 Å². The number of anilines is 2. The molecule has 0 aromatic carbocycles. The summed E-state index contributed by atoms with van der Waals surface area (Å²) in [6.07, 6.45) is 0.0949. The molecule has 1 N–H and O–H groups in total. The van der Waals surface area contributed by atoms with Crippen molar-refractivity contribution >= 4 is 23.5 Å². The monoisotopic (exact) mass is 287 g/mol. The van der Waals surface area contributed by atoms with Gasteiger partial charge in [0.1, 0.15) is 0 Å². The smallest absolute Gasteiger partial charge is 0.231 e. The van der Waals surface area contributed by atoms with Crippen LogP contribution in [-0.4, -0.2) is 47.3 Å². The van der Waals surface area contributed by atoms with Gasteiger partial charge in [-0.05, 0) is 39.3 Å². The Morgan fingerprint density at radius 2 is 1.89 bits per heavy atom. The number of nitrogens with one attached hydrogen (secondary N) is 1. The molecule has 0 amide bonds. The second kappa shape index (κ2) is 8.12. The second-order valence-electron chi connectivity index (χ2n) is 4.05. The number of rotatable bonds is 8. The van der Waals surface area contributed by atoms with Crippen LogP contribution in [0.15, 0.2) is 0 Å². The van der Waals surface area contributed by atoms with Crippen molar-refractivity contribution in [1.29, 1.82) is 0 Å². The van der Waals surface area contributed by atoms with Gasteiger partial charge in [-0.15, -0.1) is 0 Å². The molecule has 0 saturated carbocycles. The van der Waals surface area contributed by atoms with Gasteiger partial charge in [-0.1, -0.05) is 0 Å². The Kier molecular flexibility index (Phi) is 6.80. The molecule has 0 spiro atoms. The molecule has 0 aliphatic heterocycles. The second-order valence-corrected chi connectivity index (χ2v) is 4.39. The number of hydrogen-bond donors (Lipinski definition) is 1. The number of aromatic nitrogens is 3. The van der Waals surface area contributed by atoms with E-state index in [2.05, 4.69) is 20.3 Å². The topological polar surface area (TPSA) is 63.2 Å². The molecule has 1 atom stereocenters. The standard InChI is InChI=1S/C12H22ClN5O/c1-5-18(6-2)12-16-10(13)15-11(17-12)14-8-9(4)19-7-3/h9H,5-8H2,1-4H3,(H,14,15,16,17). The van der Waals surface area contributed by atoms with Gasteiger partial charge in [-0.2, -0.15) is 15.0 Å². The lowest BCUT2D eigenvalue weighted by molar-refractivity contribution is 0.0854. The first kappa shape index (κ1) is 15.9. The zero-order valence-corrected chi connectivity index (χ0v) is 12.7. The first-order valence-corrected chi connectivity index (χ1v) is 7.00. The van der Waals surface area contributed by atoms with Crippen molar-refractivity contribution < 1.29 is 4.74 Å². The zero-order valence-electron chi connectivity index (χ0n) is 12.0. The van der Waals surface area contributed by atoms with E-state index in [4.69, 9.17) is 16.3 Å². The average Bonchev–Trinajstić information content (AvgIpc) is 2.38. The summed E-state index contributed by atoms with van der Waals surface area (Å²) in [5, 5.41) is 3.31. The first-order valence-electron chi connectivity index (χ1n) is 6.62. The Morgan fingerprint density at radius 3 is 2.47 bits per heavy atom. The number of halogens is 1. The SMILES string of the molecule is CCOC(C)CNc1nc(Cl)nc(N(CC)CC)n1. The van der Waals surface area contributed by atoms with Crippen LogP contribution < -0.4 is 10.2 Å². The van der Waals surface area contributed by atoms with Gasteiger partial charge >= 0.3 is 0 Å². The lowest BCUT2D eigenvalue weighted by Gasteiger charge is -2.19. The van der Waals surface area contributed by atoms with E-state index in [1.165, 1.54) is 0 Å². The zero-order chi connectivity index (χ0) is 14.3. The van der Waals surface area contributed by atoms with Gasteiger partial charge in [0, 0.05) is 26.2 Å². The van der Waals surface area contributed by atoms with Crippen LogP contribution in [0.1, 0.15) is 27.7 Å². The summed E-state index contributed by atoms with van der Waals surface area (Å²) in [5.74, 6) is 1.07. The summed E-state index contributed by atoms with van der Waals surface area (Å²) >= 11 is 5.92. The Hall–Kier alpha value is -1.14. The third kappa shape index (κ3) is 5.16. The van der Waals surface area contributed by atoms with Crippen molar-refractivity contribution in [3.63, 3.8) is 0 Å². The highest BCUT2D eigenvalue weighted by atomic mass is 35.5. The van der Waals surface area contributed by atoms with Crippen LogP contribution in [0, 0.1) is 0 Å². The van der Waals surface area contributed by atoms with Crippen molar-refractivity contribution in [2.75, 3.05) is 36.5 Å². The Bertz CT molecular complexity index is 386. The molecular formula is C12H22ClN5O. The van der Waals surface area contributed by atoms with E-state index >= 15 is 0 Å². The van der Waals surface area contributed by atoms with Crippen molar-refractivity contribution in [3.8, 4) is 0 Å². The molecule has 108 valence electrons. The highest BCUT2D eigenvalue weighted by molar-refractivity contribution is 6.28.